The molecule has 0 aliphatic carbocycles. The van der Waals surface area contributed by atoms with Crippen LogP contribution in [0.4, 0.5) is 0 Å². The maximum absolute atomic E-state index is 3.92. The van der Waals surface area contributed by atoms with E-state index in [1.54, 1.807) is 7.05 Å². The highest BCUT2D eigenvalue weighted by molar-refractivity contribution is 6.61. The second kappa shape index (κ2) is 5.22. The SMILES string of the molecule is B/C(CN=C)=N/C=N\C. The molecule has 0 aromatic heterocycles. The van der Waals surface area contributed by atoms with Crippen molar-refractivity contribution in [1.29, 1.82) is 0 Å². The monoisotopic (exact) mass is 123 g/mol. The Labute approximate surface area is 56.0 Å². The molecule has 0 saturated carbocycles. The lowest BCUT2D eigenvalue weighted by Gasteiger charge is -1.87. The number of rotatable bonds is 3. The Morgan fingerprint density at radius 1 is 1.78 bits per heavy atom. The summed E-state index contributed by atoms with van der Waals surface area (Å²) in [5, 5.41) is 0. The first-order chi connectivity index (χ1) is 4.31. The summed E-state index contributed by atoms with van der Waals surface area (Å²) in [5.74, 6) is 0. The third-order valence-electron chi connectivity index (χ3n) is 0.734. The normalized spacial score (nSPS) is 12.3. The van der Waals surface area contributed by atoms with Crippen molar-refractivity contribution in [2.75, 3.05) is 13.6 Å². The molecule has 0 aromatic carbocycles. The number of aliphatic imine (C=N–C) groups is 3. The minimum absolute atomic E-state index is 0.589. The standard InChI is InChI=1S/C5H10BN3/c1-7-3-5(6)9-4-8-2/h4H,1,3,6H2,2H3/b8-4-,9-5+. The Kier molecular flexibility index (Phi) is 4.68. The highest BCUT2D eigenvalue weighted by Gasteiger charge is 1.81. The fourth-order valence-corrected chi connectivity index (χ4v) is 0.359. The third kappa shape index (κ3) is 4.94. The van der Waals surface area contributed by atoms with Gasteiger partial charge in [0.05, 0.1) is 6.54 Å². The van der Waals surface area contributed by atoms with Gasteiger partial charge in [0.2, 0.25) is 0 Å². The van der Waals surface area contributed by atoms with Gasteiger partial charge in [-0.2, -0.15) is 0 Å². The van der Waals surface area contributed by atoms with Crippen molar-refractivity contribution in [3.63, 3.8) is 0 Å². The zero-order valence-corrected chi connectivity index (χ0v) is 5.83. The van der Waals surface area contributed by atoms with E-state index in [0.717, 1.165) is 5.61 Å². The molecule has 0 spiro atoms. The van der Waals surface area contributed by atoms with Crippen LogP contribution in [-0.2, 0) is 0 Å². The van der Waals surface area contributed by atoms with Crippen LogP contribution in [0, 0.1) is 0 Å². The van der Waals surface area contributed by atoms with E-state index >= 15 is 0 Å². The smallest absolute Gasteiger partial charge is 0.161 e. The molecule has 0 aliphatic heterocycles. The van der Waals surface area contributed by atoms with Gasteiger partial charge in [-0.1, -0.05) is 0 Å². The van der Waals surface area contributed by atoms with Crippen LogP contribution in [0.15, 0.2) is 15.0 Å². The van der Waals surface area contributed by atoms with Crippen LogP contribution in [0.3, 0.4) is 0 Å². The second-order valence-electron chi connectivity index (χ2n) is 1.62. The molecule has 0 aliphatic rings. The van der Waals surface area contributed by atoms with E-state index in [0.29, 0.717) is 6.54 Å². The average Bonchev–Trinajstić information content (AvgIpc) is 1.85. The first-order valence-electron chi connectivity index (χ1n) is 2.67. The molecule has 0 heterocycles. The first-order valence-corrected chi connectivity index (χ1v) is 2.67. The molecule has 4 heteroatoms. The molecule has 0 amide bonds. The Bertz CT molecular complexity index is 139. The summed E-state index contributed by atoms with van der Waals surface area (Å²) in [6, 6.07) is 0. The Balaban J connectivity index is 3.68. The van der Waals surface area contributed by atoms with E-state index < -0.39 is 0 Å². The zero-order valence-electron chi connectivity index (χ0n) is 5.83. The third-order valence-corrected chi connectivity index (χ3v) is 0.734. The summed E-state index contributed by atoms with van der Waals surface area (Å²) >= 11 is 0. The van der Waals surface area contributed by atoms with E-state index in [1.165, 1.54) is 6.34 Å². The topological polar surface area (TPSA) is 37.1 Å². The van der Waals surface area contributed by atoms with Crippen LogP contribution in [0.25, 0.3) is 0 Å². The Morgan fingerprint density at radius 3 is 2.89 bits per heavy atom. The van der Waals surface area contributed by atoms with Crippen molar-refractivity contribution in [3.8, 4) is 0 Å². The van der Waals surface area contributed by atoms with Crippen molar-refractivity contribution < 1.29 is 0 Å². The summed E-state index contributed by atoms with van der Waals surface area (Å²) in [6.07, 6.45) is 1.50. The lowest BCUT2D eigenvalue weighted by atomic mass is 10.0. The fourth-order valence-electron chi connectivity index (χ4n) is 0.359. The van der Waals surface area contributed by atoms with Crippen LogP contribution in [0.5, 0.6) is 0 Å². The highest BCUT2D eigenvalue weighted by atomic mass is 14.8. The van der Waals surface area contributed by atoms with Gasteiger partial charge >= 0.3 is 0 Å². The van der Waals surface area contributed by atoms with Crippen LogP contribution in [0.2, 0.25) is 0 Å². The van der Waals surface area contributed by atoms with Gasteiger partial charge in [0, 0.05) is 7.05 Å². The van der Waals surface area contributed by atoms with Gasteiger partial charge in [-0.15, -0.1) is 0 Å². The van der Waals surface area contributed by atoms with Crippen LogP contribution in [0.1, 0.15) is 0 Å². The van der Waals surface area contributed by atoms with Crippen LogP contribution < -0.4 is 0 Å². The van der Waals surface area contributed by atoms with E-state index in [2.05, 4.69) is 21.7 Å². The van der Waals surface area contributed by atoms with Gasteiger partial charge in [-0.25, -0.2) is 0 Å². The Morgan fingerprint density at radius 2 is 2.44 bits per heavy atom. The summed E-state index contributed by atoms with van der Waals surface area (Å²) in [5.41, 5.74) is 0.926. The summed E-state index contributed by atoms with van der Waals surface area (Å²) in [4.78, 5) is 11.3. The minimum Gasteiger partial charge on any atom is -0.296 e. The summed E-state index contributed by atoms with van der Waals surface area (Å²) in [7, 11) is 3.56. The molecule has 0 fully saturated rings. The fraction of sp³-hybridized carbons (Fsp3) is 0.400. The van der Waals surface area contributed by atoms with Crippen molar-refractivity contribution in [2.24, 2.45) is 15.0 Å². The van der Waals surface area contributed by atoms with Gasteiger partial charge in [-0.05, 0) is 12.3 Å². The van der Waals surface area contributed by atoms with E-state index in [9.17, 15) is 0 Å². The maximum atomic E-state index is 3.92. The quantitative estimate of drug-likeness (QED) is 0.272. The van der Waals surface area contributed by atoms with Crippen molar-refractivity contribution in [2.45, 2.75) is 0 Å². The van der Waals surface area contributed by atoms with Crippen molar-refractivity contribution >= 4 is 26.5 Å². The average molecular weight is 123 g/mol. The van der Waals surface area contributed by atoms with E-state index in [-0.39, 0.29) is 0 Å². The van der Waals surface area contributed by atoms with Gasteiger partial charge in [0.25, 0.3) is 0 Å². The predicted molar refractivity (Wildman–Crippen MR) is 44.8 cm³/mol. The van der Waals surface area contributed by atoms with Crippen molar-refractivity contribution in [3.05, 3.63) is 0 Å². The molecule has 0 saturated heterocycles. The molecule has 0 radical (unpaired) electrons. The summed E-state index contributed by atoms with van der Waals surface area (Å²) < 4.78 is 0. The second-order valence-corrected chi connectivity index (χ2v) is 1.62. The molecule has 0 rings (SSSR count). The van der Waals surface area contributed by atoms with Gasteiger partial charge in [0.15, 0.2) is 7.85 Å². The van der Waals surface area contributed by atoms with Crippen molar-refractivity contribution in [1.82, 2.24) is 0 Å². The minimum atomic E-state index is 0.589. The predicted octanol–water partition coefficient (Wildman–Crippen LogP) is -0.623. The lowest BCUT2D eigenvalue weighted by molar-refractivity contribution is 1.34. The molecule has 0 unspecified atom stereocenters. The van der Waals surface area contributed by atoms with Crippen LogP contribution >= 0.6 is 0 Å². The molecule has 48 valence electrons. The number of nitrogens with zero attached hydrogens (tertiary/aromatic N) is 3. The van der Waals surface area contributed by atoms with E-state index in [1.807, 2.05) is 7.85 Å². The Hall–Kier alpha value is -0.925. The molecular formula is C5H10BN3. The number of hydrogen-bond acceptors (Lipinski definition) is 2. The summed E-state index contributed by atoms with van der Waals surface area (Å²) in [6.45, 7) is 3.92. The van der Waals surface area contributed by atoms with E-state index in [4.69, 9.17) is 0 Å². The maximum Gasteiger partial charge on any atom is 0.161 e. The van der Waals surface area contributed by atoms with Crippen LogP contribution in [-0.4, -0.2) is 40.1 Å². The molecule has 0 atom stereocenters. The highest BCUT2D eigenvalue weighted by Crippen LogP contribution is 1.70. The lowest BCUT2D eigenvalue weighted by Crippen LogP contribution is -2.01. The molecule has 0 N–H and O–H groups in total. The van der Waals surface area contributed by atoms with Gasteiger partial charge < -0.3 is 0 Å². The first kappa shape index (κ1) is 8.07. The molecule has 9 heavy (non-hydrogen) atoms. The molecule has 0 aromatic rings. The van der Waals surface area contributed by atoms with Gasteiger partial charge in [-0.3, -0.25) is 15.0 Å². The molecule has 0 bridgehead atoms. The molecular weight excluding hydrogens is 113 g/mol. The molecule has 3 nitrogen and oxygen atoms in total. The number of hydrogen-bond donors (Lipinski definition) is 0. The largest absolute Gasteiger partial charge is 0.296 e. The van der Waals surface area contributed by atoms with Gasteiger partial charge in [0.1, 0.15) is 6.34 Å². The zero-order chi connectivity index (χ0) is 7.11.